The zero-order valence-corrected chi connectivity index (χ0v) is 6.78. The number of allylic oxidation sites excluding steroid dienone is 2. The van der Waals surface area contributed by atoms with Crippen LogP contribution in [0, 0.1) is 0 Å². The molecule has 0 atom stereocenters. The van der Waals surface area contributed by atoms with Crippen LogP contribution in [0.25, 0.3) is 12.2 Å². The largest absolute Gasteiger partial charge is 0.419 e. The van der Waals surface area contributed by atoms with Gasteiger partial charge in [0.25, 0.3) is 0 Å². The third-order valence-electron chi connectivity index (χ3n) is 1.90. The van der Waals surface area contributed by atoms with E-state index in [-0.39, 0.29) is 5.76 Å². The van der Waals surface area contributed by atoms with Crippen LogP contribution < -0.4 is 5.76 Å². The van der Waals surface area contributed by atoms with Crippen LogP contribution in [0.2, 0.25) is 0 Å². The van der Waals surface area contributed by atoms with Crippen molar-refractivity contribution in [3.8, 4) is 0 Å². The fraction of sp³-hybridized carbons (Fsp3) is 0.222. The molecular weight excluding hydrogens is 154 g/mol. The molecule has 0 fully saturated rings. The van der Waals surface area contributed by atoms with Crippen LogP contribution in [0.1, 0.15) is 17.9 Å². The molecule has 0 aliphatic heterocycles. The number of nitrogens with zero attached hydrogens (tertiary/aromatic N) is 1. The van der Waals surface area contributed by atoms with Gasteiger partial charge in [-0.15, -0.1) is 0 Å². The standard InChI is InChI=1S/C9H9NO2/c1-10-7-5-3-2-4-6-8(7)12-9(10)11/h3-6H,2H2,1H3. The van der Waals surface area contributed by atoms with Crippen molar-refractivity contribution in [2.45, 2.75) is 6.42 Å². The van der Waals surface area contributed by atoms with Gasteiger partial charge in [0.15, 0.2) is 5.76 Å². The van der Waals surface area contributed by atoms with E-state index in [1.807, 2.05) is 24.3 Å². The lowest BCUT2D eigenvalue weighted by Crippen LogP contribution is -2.10. The van der Waals surface area contributed by atoms with Gasteiger partial charge in [0, 0.05) is 7.05 Å². The molecule has 0 spiro atoms. The molecule has 1 aliphatic carbocycles. The lowest BCUT2D eigenvalue weighted by atomic mass is 10.3. The molecular formula is C9H9NO2. The van der Waals surface area contributed by atoms with Crippen LogP contribution in [-0.2, 0) is 7.05 Å². The first kappa shape index (κ1) is 7.16. The van der Waals surface area contributed by atoms with E-state index in [0.717, 1.165) is 12.1 Å². The van der Waals surface area contributed by atoms with Gasteiger partial charge in [0.05, 0.1) is 5.69 Å². The third kappa shape index (κ3) is 0.942. The zero-order valence-electron chi connectivity index (χ0n) is 6.78. The van der Waals surface area contributed by atoms with Crippen LogP contribution in [0.15, 0.2) is 21.4 Å². The minimum atomic E-state index is -0.309. The van der Waals surface area contributed by atoms with Crippen molar-refractivity contribution in [1.29, 1.82) is 0 Å². The summed E-state index contributed by atoms with van der Waals surface area (Å²) in [6, 6.07) is 0. The molecule has 0 amide bonds. The third-order valence-corrected chi connectivity index (χ3v) is 1.90. The van der Waals surface area contributed by atoms with Gasteiger partial charge >= 0.3 is 5.76 Å². The molecule has 0 saturated carbocycles. The highest BCUT2D eigenvalue weighted by Gasteiger charge is 2.09. The van der Waals surface area contributed by atoms with E-state index >= 15 is 0 Å². The van der Waals surface area contributed by atoms with E-state index in [1.165, 1.54) is 4.57 Å². The Morgan fingerprint density at radius 3 is 3.00 bits per heavy atom. The zero-order chi connectivity index (χ0) is 8.55. The van der Waals surface area contributed by atoms with E-state index in [2.05, 4.69) is 0 Å². The Kier molecular flexibility index (Phi) is 1.50. The van der Waals surface area contributed by atoms with Crippen LogP contribution in [-0.4, -0.2) is 4.57 Å². The van der Waals surface area contributed by atoms with Crippen LogP contribution in [0.5, 0.6) is 0 Å². The van der Waals surface area contributed by atoms with Crippen molar-refractivity contribution >= 4 is 12.2 Å². The van der Waals surface area contributed by atoms with Crippen molar-refractivity contribution < 1.29 is 4.42 Å². The average Bonchev–Trinajstić information content (AvgIpc) is 2.30. The van der Waals surface area contributed by atoms with Gasteiger partial charge in [0.1, 0.15) is 0 Å². The van der Waals surface area contributed by atoms with Gasteiger partial charge in [-0.3, -0.25) is 4.57 Å². The van der Waals surface area contributed by atoms with Crippen LogP contribution in [0.3, 0.4) is 0 Å². The van der Waals surface area contributed by atoms with E-state index in [1.54, 1.807) is 7.05 Å². The maximum Gasteiger partial charge on any atom is 0.419 e. The SMILES string of the molecule is Cn1c2c(oc1=O)C=CCC=C2. The van der Waals surface area contributed by atoms with Crippen molar-refractivity contribution in [3.05, 3.63) is 34.2 Å². The minimum absolute atomic E-state index is 0.309. The number of hydrogen-bond donors (Lipinski definition) is 0. The molecule has 2 rings (SSSR count). The van der Waals surface area contributed by atoms with Gasteiger partial charge < -0.3 is 4.42 Å². The number of oxazole rings is 1. The van der Waals surface area contributed by atoms with E-state index < -0.39 is 0 Å². The van der Waals surface area contributed by atoms with Gasteiger partial charge in [-0.25, -0.2) is 4.79 Å². The monoisotopic (exact) mass is 163 g/mol. The van der Waals surface area contributed by atoms with E-state index in [4.69, 9.17) is 4.42 Å². The second kappa shape index (κ2) is 2.52. The first-order valence-electron chi connectivity index (χ1n) is 3.82. The normalized spacial score (nSPS) is 14.4. The molecule has 0 N–H and O–H groups in total. The molecule has 0 bridgehead atoms. The molecule has 3 nitrogen and oxygen atoms in total. The predicted octanol–water partition coefficient (Wildman–Crippen LogP) is 1.41. The Labute approximate surface area is 69.6 Å². The summed E-state index contributed by atoms with van der Waals surface area (Å²) in [7, 11) is 1.70. The second-order valence-electron chi connectivity index (χ2n) is 2.72. The van der Waals surface area contributed by atoms with E-state index in [0.29, 0.717) is 5.76 Å². The smallest absolute Gasteiger partial charge is 0.408 e. The molecule has 1 heterocycles. The Balaban J connectivity index is 2.73. The highest BCUT2D eigenvalue weighted by molar-refractivity contribution is 5.60. The summed E-state index contributed by atoms with van der Waals surface area (Å²) >= 11 is 0. The highest BCUT2D eigenvalue weighted by atomic mass is 16.4. The van der Waals surface area contributed by atoms with Crippen molar-refractivity contribution in [2.75, 3.05) is 0 Å². The Hall–Kier alpha value is -1.51. The maximum atomic E-state index is 11.0. The number of fused-ring (bicyclic) bond motifs is 1. The van der Waals surface area contributed by atoms with Crippen LogP contribution >= 0.6 is 0 Å². The summed E-state index contributed by atoms with van der Waals surface area (Å²) in [5, 5.41) is 0. The molecule has 1 aliphatic rings. The highest BCUT2D eigenvalue weighted by Crippen LogP contribution is 2.14. The summed E-state index contributed by atoms with van der Waals surface area (Å²) in [4.78, 5) is 11.0. The quantitative estimate of drug-likeness (QED) is 0.579. The first-order valence-corrected chi connectivity index (χ1v) is 3.82. The Morgan fingerprint density at radius 1 is 1.42 bits per heavy atom. The van der Waals surface area contributed by atoms with Gasteiger partial charge in [-0.05, 0) is 18.6 Å². The molecule has 0 aromatic carbocycles. The minimum Gasteiger partial charge on any atom is -0.408 e. The summed E-state index contributed by atoms with van der Waals surface area (Å²) in [5.41, 5.74) is 0.841. The Morgan fingerprint density at radius 2 is 2.17 bits per heavy atom. The van der Waals surface area contributed by atoms with E-state index in [9.17, 15) is 4.79 Å². The first-order chi connectivity index (χ1) is 5.79. The lowest BCUT2D eigenvalue weighted by molar-refractivity contribution is 0.487. The molecule has 0 unspecified atom stereocenters. The second-order valence-corrected chi connectivity index (χ2v) is 2.72. The molecule has 1 aromatic rings. The molecule has 62 valence electrons. The number of aromatic nitrogens is 1. The molecule has 12 heavy (non-hydrogen) atoms. The van der Waals surface area contributed by atoms with Gasteiger partial charge in [0.2, 0.25) is 0 Å². The number of rotatable bonds is 0. The summed E-state index contributed by atoms with van der Waals surface area (Å²) < 4.78 is 6.49. The lowest BCUT2D eigenvalue weighted by Gasteiger charge is -1.90. The van der Waals surface area contributed by atoms with Crippen molar-refractivity contribution in [3.63, 3.8) is 0 Å². The maximum absolute atomic E-state index is 11.0. The van der Waals surface area contributed by atoms with Gasteiger partial charge in [-0.1, -0.05) is 12.2 Å². The Bertz CT molecular complexity index is 407. The molecule has 0 radical (unpaired) electrons. The summed E-state index contributed by atoms with van der Waals surface area (Å²) in [6.07, 6.45) is 8.58. The van der Waals surface area contributed by atoms with Gasteiger partial charge in [-0.2, -0.15) is 0 Å². The fourth-order valence-electron chi connectivity index (χ4n) is 1.23. The molecule has 0 saturated heterocycles. The topological polar surface area (TPSA) is 35.1 Å². The van der Waals surface area contributed by atoms with Crippen molar-refractivity contribution in [2.24, 2.45) is 7.05 Å². The molecule has 1 aromatic heterocycles. The molecule has 3 heteroatoms. The van der Waals surface area contributed by atoms with Crippen LogP contribution in [0.4, 0.5) is 0 Å². The number of hydrogen-bond acceptors (Lipinski definition) is 2. The fourth-order valence-corrected chi connectivity index (χ4v) is 1.23. The summed E-state index contributed by atoms with van der Waals surface area (Å²) in [6.45, 7) is 0. The summed E-state index contributed by atoms with van der Waals surface area (Å²) in [5.74, 6) is 0.340. The van der Waals surface area contributed by atoms with Crippen molar-refractivity contribution in [1.82, 2.24) is 4.57 Å². The average molecular weight is 163 g/mol. The predicted molar refractivity (Wildman–Crippen MR) is 46.6 cm³/mol.